The summed E-state index contributed by atoms with van der Waals surface area (Å²) in [5.41, 5.74) is 7.89. The molecule has 3 rings (SSSR count). The van der Waals surface area contributed by atoms with Gasteiger partial charge in [0.1, 0.15) is 6.04 Å². The predicted molar refractivity (Wildman–Crippen MR) is 73.7 cm³/mol. The molecule has 2 aliphatic heterocycles. The van der Waals surface area contributed by atoms with Gasteiger partial charge in [0.05, 0.1) is 5.69 Å². The number of primary amides is 1. The fourth-order valence-electron chi connectivity index (χ4n) is 3.04. The molecule has 5 heteroatoms. The van der Waals surface area contributed by atoms with Crippen molar-refractivity contribution in [1.82, 2.24) is 0 Å². The molecule has 2 aliphatic rings. The van der Waals surface area contributed by atoms with Crippen LogP contribution in [0.25, 0.3) is 0 Å². The average molecular weight is 279 g/mol. The first-order valence-corrected chi connectivity index (χ1v) is 6.88. The van der Waals surface area contributed by atoms with E-state index < -0.39 is 0 Å². The fraction of sp³-hybridized carbons (Fsp3) is 0.429. The lowest BCUT2D eigenvalue weighted by Gasteiger charge is -2.28. The zero-order chi connectivity index (χ0) is 13.6. The van der Waals surface area contributed by atoms with Crippen LogP contribution in [-0.4, -0.2) is 24.3 Å². The van der Waals surface area contributed by atoms with E-state index in [4.69, 9.17) is 17.3 Å². The van der Waals surface area contributed by atoms with Gasteiger partial charge in [-0.25, -0.2) is 0 Å². The summed E-state index contributed by atoms with van der Waals surface area (Å²) in [6, 6.07) is 3.14. The maximum absolute atomic E-state index is 12.2. The first-order chi connectivity index (χ1) is 9.09. The molecule has 0 aliphatic carbocycles. The van der Waals surface area contributed by atoms with E-state index in [1.807, 2.05) is 4.90 Å². The van der Waals surface area contributed by atoms with Gasteiger partial charge in [-0.1, -0.05) is 11.6 Å². The monoisotopic (exact) mass is 278 g/mol. The molecule has 19 heavy (non-hydrogen) atoms. The number of hydrogen-bond acceptors (Lipinski definition) is 3. The highest BCUT2D eigenvalue weighted by atomic mass is 35.5. The lowest BCUT2D eigenvalue weighted by atomic mass is 9.98. The van der Waals surface area contributed by atoms with E-state index in [0.717, 1.165) is 30.6 Å². The lowest BCUT2D eigenvalue weighted by molar-refractivity contribution is -0.119. The Balaban J connectivity index is 2.19. The van der Waals surface area contributed by atoms with Crippen LogP contribution in [0, 0.1) is 0 Å². The minimum Gasteiger partial charge on any atom is -0.368 e. The summed E-state index contributed by atoms with van der Waals surface area (Å²) in [6.45, 7) is 0.751. The van der Waals surface area contributed by atoms with E-state index in [1.165, 1.54) is 0 Å². The van der Waals surface area contributed by atoms with Gasteiger partial charge in [0, 0.05) is 30.0 Å². The molecular formula is C14H15ClN2O2. The van der Waals surface area contributed by atoms with Crippen molar-refractivity contribution in [3.8, 4) is 0 Å². The number of ketones is 1. The number of hydrogen-bond donors (Lipinski definition) is 1. The molecule has 2 heterocycles. The summed E-state index contributed by atoms with van der Waals surface area (Å²) in [7, 11) is 0. The normalized spacial score (nSPS) is 21.8. The first kappa shape index (κ1) is 12.5. The number of Topliss-reactive ketones (excluding diaryl/α,β-unsaturated/α-hetero) is 1. The van der Waals surface area contributed by atoms with E-state index in [2.05, 4.69) is 0 Å². The highest BCUT2D eigenvalue weighted by Crippen LogP contribution is 2.41. The molecule has 0 bridgehead atoms. The largest absolute Gasteiger partial charge is 0.368 e. The van der Waals surface area contributed by atoms with Crippen molar-refractivity contribution in [3.05, 3.63) is 28.3 Å². The van der Waals surface area contributed by atoms with Crippen molar-refractivity contribution in [2.45, 2.75) is 31.7 Å². The van der Waals surface area contributed by atoms with Gasteiger partial charge >= 0.3 is 0 Å². The predicted octanol–water partition coefficient (Wildman–Crippen LogP) is 1.92. The van der Waals surface area contributed by atoms with Crippen LogP contribution in [0.3, 0.4) is 0 Å². The molecule has 0 spiro atoms. The molecule has 1 aromatic rings. The van der Waals surface area contributed by atoms with Gasteiger partial charge in [0.15, 0.2) is 5.78 Å². The van der Waals surface area contributed by atoms with Crippen LogP contribution in [0.1, 0.15) is 35.2 Å². The van der Waals surface area contributed by atoms with Crippen molar-refractivity contribution >= 4 is 29.0 Å². The second-order valence-corrected chi connectivity index (χ2v) is 5.53. The molecule has 4 nitrogen and oxygen atoms in total. The standard InChI is InChI=1S/C14H15ClN2O2/c15-10-5-4-8-12(18)3-1-2-6-17-11(14(16)19)7-9(10)13(8)17/h4-5,11H,1-3,6-7H2,(H2,16,19). The molecule has 100 valence electrons. The average Bonchev–Trinajstić information content (AvgIpc) is 2.73. The fourth-order valence-corrected chi connectivity index (χ4v) is 3.27. The van der Waals surface area contributed by atoms with Gasteiger partial charge in [-0.15, -0.1) is 0 Å². The number of halogens is 1. The zero-order valence-corrected chi connectivity index (χ0v) is 11.2. The van der Waals surface area contributed by atoms with Gasteiger partial charge in [-0.2, -0.15) is 0 Å². The molecule has 1 amide bonds. The molecule has 1 unspecified atom stereocenters. The van der Waals surface area contributed by atoms with Crippen molar-refractivity contribution < 1.29 is 9.59 Å². The van der Waals surface area contributed by atoms with Crippen LogP contribution in [0.4, 0.5) is 5.69 Å². The van der Waals surface area contributed by atoms with Gasteiger partial charge in [0.2, 0.25) is 5.91 Å². The Morgan fingerprint density at radius 2 is 2.16 bits per heavy atom. The van der Waals surface area contributed by atoms with Gasteiger partial charge in [-0.3, -0.25) is 9.59 Å². The maximum atomic E-state index is 12.2. The molecule has 2 N–H and O–H groups in total. The number of carbonyl (C=O) groups is 2. The van der Waals surface area contributed by atoms with Crippen LogP contribution in [0.15, 0.2) is 12.1 Å². The van der Waals surface area contributed by atoms with E-state index in [1.54, 1.807) is 12.1 Å². The Morgan fingerprint density at radius 3 is 2.89 bits per heavy atom. The topological polar surface area (TPSA) is 63.4 Å². The Bertz CT molecular complexity index is 571. The Labute approximate surface area is 116 Å². The van der Waals surface area contributed by atoms with Gasteiger partial charge in [-0.05, 0) is 30.5 Å². The first-order valence-electron chi connectivity index (χ1n) is 6.50. The minimum atomic E-state index is -0.375. The molecule has 0 radical (unpaired) electrons. The molecule has 0 saturated heterocycles. The number of nitrogens with zero attached hydrogens (tertiary/aromatic N) is 1. The number of anilines is 1. The summed E-state index contributed by atoms with van der Waals surface area (Å²) in [6.07, 6.45) is 2.80. The van der Waals surface area contributed by atoms with Crippen LogP contribution >= 0.6 is 11.6 Å². The van der Waals surface area contributed by atoms with Crippen LogP contribution in [0.5, 0.6) is 0 Å². The maximum Gasteiger partial charge on any atom is 0.240 e. The van der Waals surface area contributed by atoms with Crippen molar-refractivity contribution in [2.75, 3.05) is 11.4 Å². The molecule has 1 atom stereocenters. The van der Waals surface area contributed by atoms with Crippen molar-refractivity contribution in [3.63, 3.8) is 0 Å². The summed E-state index contributed by atoms with van der Waals surface area (Å²) in [5, 5.41) is 0.612. The third kappa shape index (κ3) is 1.91. The number of rotatable bonds is 1. The molecule has 0 fully saturated rings. The number of benzene rings is 1. The van der Waals surface area contributed by atoms with Crippen molar-refractivity contribution in [1.29, 1.82) is 0 Å². The Kier molecular flexibility index (Phi) is 2.97. The highest BCUT2D eigenvalue weighted by molar-refractivity contribution is 6.32. The number of nitrogens with two attached hydrogens (primary N) is 1. The van der Waals surface area contributed by atoms with E-state index in [9.17, 15) is 9.59 Å². The quantitative estimate of drug-likeness (QED) is 0.854. The smallest absolute Gasteiger partial charge is 0.240 e. The summed E-state index contributed by atoms with van der Waals surface area (Å²) < 4.78 is 0. The van der Waals surface area contributed by atoms with E-state index in [-0.39, 0.29) is 17.7 Å². The molecule has 0 aromatic heterocycles. The second-order valence-electron chi connectivity index (χ2n) is 5.12. The molecule has 0 saturated carbocycles. The van der Waals surface area contributed by atoms with E-state index in [0.29, 0.717) is 23.4 Å². The zero-order valence-electron chi connectivity index (χ0n) is 10.5. The Hall–Kier alpha value is -1.55. The molecular weight excluding hydrogens is 264 g/mol. The molecule has 1 aromatic carbocycles. The lowest BCUT2D eigenvalue weighted by Crippen LogP contribution is -2.43. The minimum absolute atomic E-state index is 0.128. The van der Waals surface area contributed by atoms with Crippen molar-refractivity contribution in [2.24, 2.45) is 5.73 Å². The number of amides is 1. The van der Waals surface area contributed by atoms with Crippen LogP contribution in [0.2, 0.25) is 5.02 Å². The second kappa shape index (κ2) is 4.53. The van der Waals surface area contributed by atoms with Crippen LogP contribution in [-0.2, 0) is 11.2 Å². The van der Waals surface area contributed by atoms with E-state index >= 15 is 0 Å². The third-order valence-electron chi connectivity index (χ3n) is 3.97. The van der Waals surface area contributed by atoms with Gasteiger partial charge < -0.3 is 10.6 Å². The summed E-state index contributed by atoms with van der Waals surface area (Å²) in [4.78, 5) is 25.8. The highest BCUT2D eigenvalue weighted by Gasteiger charge is 2.37. The SMILES string of the molecule is NC(=O)C1Cc2c(Cl)ccc3c2N1CCCCC3=O. The third-order valence-corrected chi connectivity index (χ3v) is 4.32. The Morgan fingerprint density at radius 1 is 1.37 bits per heavy atom. The summed E-state index contributed by atoms with van der Waals surface area (Å²) >= 11 is 6.21. The number of carbonyl (C=O) groups excluding carboxylic acids is 2. The summed E-state index contributed by atoms with van der Waals surface area (Å²) in [5.74, 6) is -0.228. The van der Waals surface area contributed by atoms with Gasteiger partial charge in [0.25, 0.3) is 0 Å². The van der Waals surface area contributed by atoms with Crippen LogP contribution < -0.4 is 10.6 Å².